The summed E-state index contributed by atoms with van der Waals surface area (Å²) in [5.74, 6) is 0.322. The maximum absolute atomic E-state index is 13.0. The van der Waals surface area contributed by atoms with Gasteiger partial charge in [0.2, 0.25) is 0 Å². The Kier molecular flexibility index (Phi) is 7.15. The van der Waals surface area contributed by atoms with Crippen LogP contribution in [0.2, 0.25) is 15.1 Å². The van der Waals surface area contributed by atoms with Gasteiger partial charge in [0.1, 0.15) is 18.2 Å². The summed E-state index contributed by atoms with van der Waals surface area (Å²) in [7, 11) is 0. The van der Waals surface area contributed by atoms with Gasteiger partial charge in [0, 0.05) is 26.2 Å². The van der Waals surface area contributed by atoms with Crippen molar-refractivity contribution in [2.24, 2.45) is 5.10 Å². The third-order valence-corrected chi connectivity index (χ3v) is 4.84. The van der Waals surface area contributed by atoms with Gasteiger partial charge in [-0.25, -0.2) is 4.39 Å². The summed E-state index contributed by atoms with van der Waals surface area (Å²) in [5, 5.41) is 5.91. The van der Waals surface area contributed by atoms with Gasteiger partial charge in [0.15, 0.2) is 0 Å². The lowest BCUT2D eigenvalue weighted by atomic mass is 10.2. The smallest absolute Gasteiger partial charge is 0.128 e. The highest BCUT2D eigenvalue weighted by Gasteiger charge is 2.06. The standard InChI is InChI=1S/C21H16Cl3FN2O/c22-16-6-9-21(28-13-14-4-7-17(25)8-5-14)15(10-16)11-26-27-12-18-19(23)2-1-3-20(18)24/h1-11,27H,12-13H2/b26-11+. The van der Waals surface area contributed by atoms with E-state index < -0.39 is 0 Å². The summed E-state index contributed by atoms with van der Waals surface area (Å²) in [4.78, 5) is 0. The molecule has 0 unspecified atom stereocenters. The highest BCUT2D eigenvalue weighted by molar-refractivity contribution is 6.36. The van der Waals surface area contributed by atoms with E-state index in [1.165, 1.54) is 12.1 Å². The summed E-state index contributed by atoms with van der Waals surface area (Å²) >= 11 is 18.4. The maximum Gasteiger partial charge on any atom is 0.128 e. The van der Waals surface area contributed by atoms with Crippen LogP contribution in [-0.4, -0.2) is 6.21 Å². The van der Waals surface area contributed by atoms with E-state index in [1.54, 1.807) is 54.7 Å². The summed E-state index contributed by atoms with van der Waals surface area (Å²) in [6, 6.07) is 16.7. The average Bonchev–Trinajstić information content (AvgIpc) is 2.67. The van der Waals surface area contributed by atoms with Crippen LogP contribution < -0.4 is 10.2 Å². The van der Waals surface area contributed by atoms with Crippen LogP contribution in [0, 0.1) is 5.82 Å². The minimum absolute atomic E-state index is 0.284. The number of nitrogens with one attached hydrogen (secondary N) is 1. The number of nitrogens with zero attached hydrogens (tertiary/aromatic N) is 1. The molecule has 0 heterocycles. The van der Waals surface area contributed by atoms with Gasteiger partial charge in [-0.3, -0.25) is 0 Å². The van der Waals surface area contributed by atoms with E-state index in [-0.39, 0.29) is 5.82 Å². The Morgan fingerprint density at radius 1 is 0.964 bits per heavy atom. The number of rotatable bonds is 7. The van der Waals surface area contributed by atoms with Gasteiger partial charge in [-0.05, 0) is 48.0 Å². The fraction of sp³-hybridized carbons (Fsp3) is 0.0952. The first-order valence-electron chi connectivity index (χ1n) is 8.38. The molecule has 0 aromatic heterocycles. The molecule has 3 aromatic rings. The molecule has 28 heavy (non-hydrogen) atoms. The average molecular weight is 438 g/mol. The van der Waals surface area contributed by atoms with Crippen molar-refractivity contribution in [2.75, 3.05) is 0 Å². The second kappa shape index (κ2) is 9.78. The van der Waals surface area contributed by atoms with E-state index in [2.05, 4.69) is 10.5 Å². The van der Waals surface area contributed by atoms with Crippen LogP contribution in [0.25, 0.3) is 0 Å². The molecule has 0 radical (unpaired) electrons. The Hall–Kier alpha value is -2.27. The van der Waals surface area contributed by atoms with E-state index in [9.17, 15) is 4.39 Å². The fourth-order valence-electron chi connectivity index (χ4n) is 2.43. The van der Waals surface area contributed by atoms with Crippen molar-refractivity contribution >= 4 is 41.0 Å². The number of halogens is 4. The quantitative estimate of drug-likeness (QED) is 0.338. The first kappa shape index (κ1) is 20.5. The fourth-order valence-corrected chi connectivity index (χ4v) is 3.15. The molecule has 0 aliphatic heterocycles. The zero-order chi connectivity index (χ0) is 19.9. The minimum Gasteiger partial charge on any atom is -0.488 e. The lowest BCUT2D eigenvalue weighted by Crippen LogP contribution is -2.07. The summed E-state index contributed by atoms with van der Waals surface area (Å²) < 4.78 is 18.8. The van der Waals surface area contributed by atoms with Gasteiger partial charge in [-0.1, -0.05) is 53.0 Å². The molecule has 0 atom stereocenters. The highest BCUT2D eigenvalue weighted by atomic mass is 35.5. The summed E-state index contributed by atoms with van der Waals surface area (Å²) in [6.45, 7) is 0.673. The van der Waals surface area contributed by atoms with Crippen molar-refractivity contribution in [1.82, 2.24) is 5.43 Å². The largest absolute Gasteiger partial charge is 0.488 e. The normalized spacial score (nSPS) is 11.0. The topological polar surface area (TPSA) is 33.6 Å². The van der Waals surface area contributed by atoms with E-state index in [0.29, 0.717) is 39.5 Å². The van der Waals surface area contributed by atoms with Crippen molar-refractivity contribution in [3.05, 3.63) is 98.2 Å². The van der Waals surface area contributed by atoms with Gasteiger partial charge in [-0.15, -0.1) is 0 Å². The Balaban J connectivity index is 1.66. The monoisotopic (exact) mass is 436 g/mol. The van der Waals surface area contributed by atoms with Crippen LogP contribution in [0.15, 0.2) is 65.8 Å². The SMILES string of the molecule is Fc1ccc(COc2ccc(Cl)cc2/C=N/NCc2c(Cl)cccc2Cl)cc1. The molecular formula is C21H16Cl3FN2O. The molecule has 0 aliphatic rings. The van der Waals surface area contributed by atoms with Crippen LogP contribution in [0.3, 0.4) is 0 Å². The number of hydrogen-bond donors (Lipinski definition) is 1. The van der Waals surface area contributed by atoms with Crippen LogP contribution >= 0.6 is 34.8 Å². The zero-order valence-corrected chi connectivity index (χ0v) is 16.9. The maximum atomic E-state index is 13.0. The molecule has 7 heteroatoms. The molecule has 3 aromatic carbocycles. The van der Waals surface area contributed by atoms with Crippen molar-refractivity contribution in [1.29, 1.82) is 0 Å². The minimum atomic E-state index is -0.284. The molecule has 0 saturated carbocycles. The molecule has 0 saturated heterocycles. The second-order valence-electron chi connectivity index (χ2n) is 5.89. The molecule has 3 nitrogen and oxygen atoms in total. The van der Waals surface area contributed by atoms with Crippen molar-refractivity contribution in [3.8, 4) is 5.75 Å². The van der Waals surface area contributed by atoms with Crippen LogP contribution in [-0.2, 0) is 13.2 Å². The number of ether oxygens (including phenoxy) is 1. The predicted molar refractivity (Wildman–Crippen MR) is 113 cm³/mol. The lowest BCUT2D eigenvalue weighted by Gasteiger charge is -2.10. The van der Waals surface area contributed by atoms with Crippen molar-refractivity contribution < 1.29 is 9.13 Å². The van der Waals surface area contributed by atoms with Gasteiger partial charge in [0.05, 0.1) is 12.8 Å². The number of hydrogen-bond acceptors (Lipinski definition) is 3. The molecule has 144 valence electrons. The van der Waals surface area contributed by atoms with Gasteiger partial charge in [-0.2, -0.15) is 5.10 Å². The number of hydrazone groups is 1. The summed E-state index contributed by atoms with van der Waals surface area (Å²) in [5.41, 5.74) is 5.24. The van der Waals surface area contributed by atoms with Crippen LogP contribution in [0.5, 0.6) is 5.75 Å². The first-order chi connectivity index (χ1) is 13.5. The van der Waals surface area contributed by atoms with E-state index in [4.69, 9.17) is 39.5 Å². The van der Waals surface area contributed by atoms with Crippen LogP contribution in [0.1, 0.15) is 16.7 Å². The number of benzene rings is 3. The zero-order valence-electron chi connectivity index (χ0n) is 14.6. The van der Waals surface area contributed by atoms with Gasteiger partial charge < -0.3 is 10.2 Å². The van der Waals surface area contributed by atoms with Crippen molar-refractivity contribution in [3.63, 3.8) is 0 Å². The molecule has 0 fully saturated rings. The molecule has 3 rings (SSSR count). The van der Waals surface area contributed by atoms with Crippen LogP contribution in [0.4, 0.5) is 4.39 Å². The Morgan fingerprint density at radius 2 is 1.68 bits per heavy atom. The molecule has 0 aliphatic carbocycles. The predicted octanol–water partition coefficient (Wildman–Crippen LogP) is 6.49. The molecule has 0 spiro atoms. The molecular weight excluding hydrogens is 422 g/mol. The Labute approximate surface area is 177 Å². The molecule has 0 amide bonds. The highest BCUT2D eigenvalue weighted by Crippen LogP contribution is 2.24. The Bertz CT molecular complexity index is 958. The molecule has 0 bridgehead atoms. The third kappa shape index (κ3) is 5.61. The van der Waals surface area contributed by atoms with Gasteiger partial charge >= 0.3 is 0 Å². The lowest BCUT2D eigenvalue weighted by molar-refractivity contribution is 0.305. The summed E-state index contributed by atoms with van der Waals surface area (Å²) in [6.07, 6.45) is 1.61. The van der Waals surface area contributed by atoms with E-state index in [1.807, 2.05) is 0 Å². The van der Waals surface area contributed by atoms with E-state index in [0.717, 1.165) is 11.1 Å². The second-order valence-corrected chi connectivity index (χ2v) is 7.14. The van der Waals surface area contributed by atoms with Crippen molar-refractivity contribution in [2.45, 2.75) is 13.2 Å². The third-order valence-electron chi connectivity index (χ3n) is 3.89. The Morgan fingerprint density at radius 3 is 2.39 bits per heavy atom. The van der Waals surface area contributed by atoms with E-state index >= 15 is 0 Å². The van der Waals surface area contributed by atoms with Gasteiger partial charge in [0.25, 0.3) is 0 Å². The first-order valence-corrected chi connectivity index (χ1v) is 9.52. The molecule has 1 N–H and O–H groups in total.